The molecule has 3 heteroatoms. The van der Waals surface area contributed by atoms with Gasteiger partial charge >= 0.3 is 0 Å². The van der Waals surface area contributed by atoms with E-state index in [0.29, 0.717) is 5.69 Å². The van der Waals surface area contributed by atoms with Gasteiger partial charge in [-0.2, -0.15) is 5.10 Å². The van der Waals surface area contributed by atoms with Gasteiger partial charge in [-0.25, -0.2) is 9.07 Å². The predicted octanol–water partition coefficient (Wildman–Crippen LogP) is 2.57. The highest BCUT2D eigenvalue weighted by molar-refractivity contribution is 5.35. The lowest BCUT2D eigenvalue weighted by Gasteiger charge is -2.04. The fourth-order valence-corrected chi connectivity index (χ4v) is 1.37. The van der Waals surface area contributed by atoms with Gasteiger partial charge in [0.05, 0.1) is 0 Å². The third-order valence-electron chi connectivity index (χ3n) is 2.17. The normalized spacial score (nSPS) is 10.4. The standard InChI is InChI=1S/C11H11FN2/c1-2-9-4-5-11(10(12)8-9)14-7-3-6-13-14/h3-8H,2H2,1H3. The lowest BCUT2D eigenvalue weighted by molar-refractivity contribution is 0.609. The first-order valence-electron chi connectivity index (χ1n) is 4.59. The van der Waals surface area contributed by atoms with Gasteiger partial charge in [0.15, 0.2) is 0 Å². The summed E-state index contributed by atoms with van der Waals surface area (Å²) in [5.41, 5.74) is 1.49. The van der Waals surface area contributed by atoms with Gasteiger partial charge in [-0.1, -0.05) is 13.0 Å². The van der Waals surface area contributed by atoms with Gasteiger partial charge in [0.1, 0.15) is 11.5 Å². The molecule has 1 aromatic heterocycles. The summed E-state index contributed by atoms with van der Waals surface area (Å²) < 4.78 is 15.1. The minimum Gasteiger partial charge on any atom is -0.238 e. The fourth-order valence-electron chi connectivity index (χ4n) is 1.37. The van der Waals surface area contributed by atoms with Gasteiger partial charge in [-0.05, 0) is 30.2 Å². The molecular formula is C11H11FN2. The fraction of sp³-hybridized carbons (Fsp3) is 0.182. The second-order valence-corrected chi connectivity index (χ2v) is 3.09. The van der Waals surface area contributed by atoms with Gasteiger partial charge in [0.25, 0.3) is 0 Å². The van der Waals surface area contributed by atoms with E-state index in [0.717, 1.165) is 12.0 Å². The first-order chi connectivity index (χ1) is 6.81. The number of hydrogen-bond donors (Lipinski definition) is 0. The van der Waals surface area contributed by atoms with Crippen LogP contribution in [-0.4, -0.2) is 9.78 Å². The number of nitrogens with zero attached hydrogens (tertiary/aromatic N) is 2. The van der Waals surface area contributed by atoms with Crippen molar-refractivity contribution in [2.24, 2.45) is 0 Å². The van der Waals surface area contributed by atoms with Crippen LogP contribution in [0.5, 0.6) is 0 Å². The monoisotopic (exact) mass is 190 g/mol. The first kappa shape index (κ1) is 8.94. The van der Waals surface area contributed by atoms with Crippen LogP contribution in [0.2, 0.25) is 0 Å². The molecule has 0 N–H and O–H groups in total. The molecule has 2 rings (SSSR count). The second kappa shape index (κ2) is 3.62. The van der Waals surface area contributed by atoms with Gasteiger partial charge in [-0.15, -0.1) is 0 Å². The molecule has 0 aliphatic carbocycles. The zero-order valence-electron chi connectivity index (χ0n) is 7.94. The summed E-state index contributed by atoms with van der Waals surface area (Å²) in [4.78, 5) is 0. The van der Waals surface area contributed by atoms with Crippen molar-refractivity contribution in [3.8, 4) is 5.69 Å². The van der Waals surface area contributed by atoms with Crippen LogP contribution in [-0.2, 0) is 6.42 Å². The van der Waals surface area contributed by atoms with Crippen LogP contribution in [0.4, 0.5) is 4.39 Å². The molecule has 1 aromatic carbocycles. The van der Waals surface area contributed by atoms with Crippen molar-refractivity contribution in [2.75, 3.05) is 0 Å². The molecule has 2 aromatic rings. The minimum atomic E-state index is -0.229. The molecule has 14 heavy (non-hydrogen) atoms. The molecule has 0 aliphatic rings. The molecule has 0 bridgehead atoms. The van der Waals surface area contributed by atoms with E-state index in [9.17, 15) is 4.39 Å². The molecule has 0 unspecified atom stereocenters. The van der Waals surface area contributed by atoms with E-state index in [4.69, 9.17) is 0 Å². The van der Waals surface area contributed by atoms with E-state index < -0.39 is 0 Å². The Kier molecular flexibility index (Phi) is 2.31. The van der Waals surface area contributed by atoms with E-state index in [1.54, 1.807) is 30.6 Å². The third kappa shape index (κ3) is 1.53. The van der Waals surface area contributed by atoms with Crippen LogP contribution in [0.1, 0.15) is 12.5 Å². The SMILES string of the molecule is CCc1ccc(-n2cccn2)c(F)c1. The maximum absolute atomic E-state index is 13.5. The van der Waals surface area contributed by atoms with Crippen LogP contribution in [0.25, 0.3) is 5.69 Å². The highest BCUT2D eigenvalue weighted by Crippen LogP contribution is 2.14. The summed E-state index contributed by atoms with van der Waals surface area (Å²) in [6.45, 7) is 2.00. The van der Waals surface area contributed by atoms with Crippen LogP contribution in [0.3, 0.4) is 0 Å². The Morgan fingerprint density at radius 2 is 2.29 bits per heavy atom. The van der Waals surface area contributed by atoms with Crippen molar-refractivity contribution in [1.82, 2.24) is 9.78 Å². The molecule has 0 saturated carbocycles. The Bertz CT molecular complexity index is 421. The molecule has 0 radical (unpaired) electrons. The van der Waals surface area contributed by atoms with E-state index in [1.165, 1.54) is 4.68 Å². The van der Waals surface area contributed by atoms with Gasteiger partial charge in [-0.3, -0.25) is 0 Å². The highest BCUT2D eigenvalue weighted by atomic mass is 19.1. The average Bonchev–Trinajstić information content (AvgIpc) is 2.70. The summed E-state index contributed by atoms with van der Waals surface area (Å²) in [7, 11) is 0. The predicted molar refractivity (Wildman–Crippen MR) is 52.9 cm³/mol. The van der Waals surface area contributed by atoms with Crippen molar-refractivity contribution < 1.29 is 4.39 Å². The van der Waals surface area contributed by atoms with E-state index in [-0.39, 0.29) is 5.82 Å². The van der Waals surface area contributed by atoms with Crippen LogP contribution < -0.4 is 0 Å². The molecular weight excluding hydrogens is 179 g/mol. The molecule has 72 valence electrons. The Labute approximate surface area is 82.0 Å². The summed E-state index contributed by atoms with van der Waals surface area (Å²) >= 11 is 0. The minimum absolute atomic E-state index is 0.229. The van der Waals surface area contributed by atoms with E-state index in [2.05, 4.69) is 5.10 Å². The average molecular weight is 190 g/mol. The molecule has 0 spiro atoms. The molecule has 2 nitrogen and oxygen atoms in total. The largest absolute Gasteiger partial charge is 0.238 e. The summed E-state index contributed by atoms with van der Waals surface area (Å²) in [5.74, 6) is -0.229. The Balaban J connectivity index is 2.46. The number of aromatic nitrogens is 2. The molecule has 0 fully saturated rings. The smallest absolute Gasteiger partial charge is 0.149 e. The van der Waals surface area contributed by atoms with Crippen molar-refractivity contribution >= 4 is 0 Å². The maximum Gasteiger partial charge on any atom is 0.149 e. The summed E-state index contributed by atoms with van der Waals surface area (Å²) in [6, 6.07) is 6.99. The van der Waals surface area contributed by atoms with Crippen LogP contribution in [0.15, 0.2) is 36.7 Å². The third-order valence-corrected chi connectivity index (χ3v) is 2.17. The first-order valence-corrected chi connectivity index (χ1v) is 4.59. The number of aryl methyl sites for hydroxylation is 1. The number of benzene rings is 1. The van der Waals surface area contributed by atoms with Gasteiger partial charge in [0.2, 0.25) is 0 Å². The topological polar surface area (TPSA) is 17.8 Å². The zero-order valence-corrected chi connectivity index (χ0v) is 7.94. The van der Waals surface area contributed by atoms with Crippen molar-refractivity contribution in [1.29, 1.82) is 0 Å². The Morgan fingerprint density at radius 3 is 2.86 bits per heavy atom. The van der Waals surface area contributed by atoms with Crippen molar-refractivity contribution in [3.05, 3.63) is 48.0 Å². The maximum atomic E-state index is 13.5. The van der Waals surface area contributed by atoms with Crippen molar-refractivity contribution in [2.45, 2.75) is 13.3 Å². The number of hydrogen-bond acceptors (Lipinski definition) is 1. The Morgan fingerprint density at radius 1 is 1.43 bits per heavy atom. The molecule has 0 amide bonds. The summed E-state index contributed by atoms with van der Waals surface area (Å²) in [6.07, 6.45) is 4.20. The number of rotatable bonds is 2. The second-order valence-electron chi connectivity index (χ2n) is 3.09. The molecule has 0 atom stereocenters. The highest BCUT2D eigenvalue weighted by Gasteiger charge is 2.04. The quantitative estimate of drug-likeness (QED) is 0.711. The van der Waals surface area contributed by atoms with Crippen LogP contribution >= 0.6 is 0 Å². The lowest BCUT2D eigenvalue weighted by atomic mass is 10.1. The molecule has 0 aliphatic heterocycles. The van der Waals surface area contributed by atoms with E-state index in [1.807, 2.05) is 13.0 Å². The van der Waals surface area contributed by atoms with Gasteiger partial charge < -0.3 is 0 Å². The molecule has 0 saturated heterocycles. The lowest BCUT2D eigenvalue weighted by Crippen LogP contribution is -1.98. The van der Waals surface area contributed by atoms with E-state index >= 15 is 0 Å². The Hall–Kier alpha value is -1.64. The number of halogens is 1. The summed E-state index contributed by atoms with van der Waals surface area (Å²) in [5, 5.41) is 3.98. The molecule has 1 heterocycles. The van der Waals surface area contributed by atoms with Gasteiger partial charge in [0, 0.05) is 12.4 Å². The zero-order chi connectivity index (χ0) is 9.97. The van der Waals surface area contributed by atoms with Crippen molar-refractivity contribution in [3.63, 3.8) is 0 Å². The van der Waals surface area contributed by atoms with Crippen LogP contribution in [0, 0.1) is 5.82 Å².